The van der Waals surface area contributed by atoms with Crippen LogP contribution in [-0.2, 0) is 16.6 Å². The van der Waals surface area contributed by atoms with Crippen LogP contribution >= 0.6 is 0 Å². The van der Waals surface area contributed by atoms with Crippen LogP contribution < -0.4 is 16.0 Å². The second kappa shape index (κ2) is 7.25. The van der Waals surface area contributed by atoms with Crippen molar-refractivity contribution in [2.75, 3.05) is 25.2 Å². The minimum absolute atomic E-state index is 0.108. The summed E-state index contributed by atoms with van der Waals surface area (Å²) in [6, 6.07) is 2.42. The molecule has 4 bridgehead atoms. The van der Waals surface area contributed by atoms with Gasteiger partial charge in [-0.1, -0.05) is 0 Å². The summed E-state index contributed by atoms with van der Waals surface area (Å²) in [6.07, 6.45) is 6.74. The molecule has 1 aliphatic heterocycles. The SMILES string of the molecule is CN(c1cc(C(=O)NC2[C@@H]3CC4C[C@H]2CC(C(N)=O)(C4)C3)nn1C)C1CCOCC1. The Labute approximate surface area is 177 Å². The molecule has 8 heteroatoms. The zero-order chi connectivity index (χ0) is 21.0. The first-order valence-electron chi connectivity index (χ1n) is 11.3. The van der Waals surface area contributed by atoms with Gasteiger partial charge < -0.3 is 20.7 Å². The normalized spacial score (nSPS) is 35.4. The van der Waals surface area contributed by atoms with Gasteiger partial charge in [-0.2, -0.15) is 5.10 Å². The number of ether oxygens (including phenoxy) is 1. The number of aromatic nitrogens is 2. The van der Waals surface area contributed by atoms with Crippen LogP contribution in [0.2, 0.25) is 0 Å². The summed E-state index contributed by atoms with van der Waals surface area (Å²) >= 11 is 0. The molecule has 164 valence electrons. The summed E-state index contributed by atoms with van der Waals surface area (Å²) in [7, 11) is 3.96. The van der Waals surface area contributed by atoms with Gasteiger partial charge in [0.1, 0.15) is 5.82 Å². The van der Waals surface area contributed by atoms with Crippen LogP contribution in [0.3, 0.4) is 0 Å². The summed E-state index contributed by atoms with van der Waals surface area (Å²) in [6.45, 7) is 1.55. The summed E-state index contributed by atoms with van der Waals surface area (Å²) in [4.78, 5) is 27.5. The van der Waals surface area contributed by atoms with Crippen molar-refractivity contribution < 1.29 is 14.3 Å². The van der Waals surface area contributed by atoms with E-state index in [0.29, 0.717) is 29.5 Å². The molecule has 3 N–H and O–H groups in total. The second-order valence-corrected chi connectivity index (χ2v) is 10.1. The third kappa shape index (κ3) is 3.20. The highest BCUT2D eigenvalue weighted by Gasteiger charge is 2.58. The average molecular weight is 416 g/mol. The summed E-state index contributed by atoms with van der Waals surface area (Å²) in [5.74, 6) is 1.98. The zero-order valence-electron chi connectivity index (χ0n) is 18.0. The number of hydrogen-bond acceptors (Lipinski definition) is 5. The smallest absolute Gasteiger partial charge is 0.272 e. The van der Waals surface area contributed by atoms with E-state index >= 15 is 0 Å². The number of primary amides is 1. The number of nitrogens with two attached hydrogens (primary N) is 1. The molecule has 1 aromatic heterocycles. The molecule has 4 saturated carbocycles. The topological polar surface area (TPSA) is 102 Å². The Hall–Kier alpha value is -2.09. The summed E-state index contributed by atoms with van der Waals surface area (Å²) in [5.41, 5.74) is 5.92. The molecule has 8 nitrogen and oxygen atoms in total. The van der Waals surface area contributed by atoms with Crippen molar-refractivity contribution in [3.63, 3.8) is 0 Å². The lowest BCUT2D eigenvalue weighted by Crippen LogP contribution is -2.62. The van der Waals surface area contributed by atoms with Crippen molar-refractivity contribution in [3.8, 4) is 0 Å². The number of carbonyl (C=O) groups is 2. The number of nitrogens with one attached hydrogen (secondary N) is 1. The van der Waals surface area contributed by atoms with Gasteiger partial charge in [-0.05, 0) is 62.7 Å². The third-order valence-electron chi connectivity index (χ3n) is 8.28. The van der Waals surface area contributed by atoms with Crippen LogP contribution in [0.5, 0.6) is 0 Å². The molecular weight excluding hydrogens is 382 g/mol. The minimum Gasteiger partial charge on any atom is -0.381 e. The largest absolute Gasteiger partial charge is 0.381 e. The molecule has 0 aromatic carbocycles. The number of rotatable bonds is 5. The van der Waals surface area contributed by atoms with Crippen LogP contribution in [0.25, 0.3) is 0 Å². The summed E-state index contributed by atoms with van der Waals surface area (Å²) in [5, 5.41) is 7.80. The van der Waals surface area contributed by atoms with E-state index in [-0.39, 0.29) is 23.3 Å². The van der Waals surface area contributed by atoms with Gasteiger partial charge >= 0.3 is 0 Å². The molecule has 2 amide bonds. The lowest BCUT2D eigenvalue weighted by Gasteiger charge is -2.58. The fraction of sp³-hybridized carbons (Fsp3) is 0.773. The predicted molar refractivity (Wildman–Crippen MR) is 112 cm³/mol. The number of aryl methyl sites for hydroxylation is 1. The van der Waals surface area contributed by atoms with Crippen LogP contribution in [0, 0.1) is 23.2 Å². The fourth-order valence-electron chi connectivity index (χ4n) is 6.95. The lowest BCUT2D eigenvalue weighted by atomic mass is 9.47. The predicted octanol–water partition coefficient (Wildman–Crippen LogP) is 1.45. The van der Waals surface area contributed by atoms with E-state index in [2.05, 4.69) is 22.4 Å². The Morgan fingerprint density at radius 3 is 2.53 bits per heavy atom. The summed E-state index contributed by atoms with van der Waals surface area (Å²) < 4.78 is 7.27. The van der Waals surface area contributed by atoms with Gasteiger partial charge in [0.15, 0.2) is 5.69 Å². The first-order chi connectivity index (χ1) is 14.4. The van der Waals surface area contributed by atoms with Gasteiger partial charge in [0.05, 0.1) is 0 Å². The molecule has 5 aliphatic rings. The Morgan fingerprint density at radius 1 is 1.23 bits per heavy atom. The molecule has 5 fully saturated rings. The molecule has 3 unspecified atom stereocenters. The zero-order valence-corrected chi connectivity index (χ0v) is 18.0. The maximum Gasteiger partial charge on any atom is 0.272 e. The standard InChI is InChI=1S/C22H33N5O3/c1-26(16-3-5-30-6-4-16)18-9-17(25-27(18)2)20(28)24-19-14-7-13-8-15(19)12-22(10-13,11-14)21(23)29/h9,13-16,19H,3-8,10-12H2,1-2H3,(H2,23,29)(H,24,28)/t13?,14-,15+,19?,22?. The van der Waals surface area contributed by atoms with E-state index in [1.165, 1.54) is 0 Å². The first kappa shape index (κ1) is 19.8. The molecule has 1 aromatic rings. The highest BCUT2D eigenvalue weighted by Crippen LogP contribution is 2.59. The van der Waals surface area contributed by atoms with Crippen molar-refractivity contribution in [3.05, 3.63) is 11.8 Å². The van der Waals surface area contributed by atoms with Crippen LogP contribution in [-0.4, -0.2) is 53.9 Å². The fourth-order valence-corrected chi connectivity index (χ4v) is 6.95. The maximum absolute atomic E-state index is 13.1. The molecule has 0 radical (unpaired) electrons. The van der Waals surface area contributed by atoms with Gasteiger partial charge in [0, 0.05) is 50.9 Å². The van der Waals surface area contributed by atoms with Crippen molar-refractivity contribution in [2.45, 2.75) is 57.0 Å². The first-order valence-corrected chi connectivity index (χ1v) is 11.3. The van der Waals surface area contributed by atoms with Crippen LogP contribution in [0.1, 0.15) is 55.4 Å². The van der Waals surface area contributed by atoms with Crippen molar-refractivity contribution in [2.24, 2.45) is 36.0 Å². The van der Waals surface area contributed by atoms with E-state index in [4.69, 9.17) is 10.5 Å². The van der Waals surface area contributed by atoms with Gasteiger partial charge in [0.2, 0.25) is 5.91 Å². The average Bonchev–Trinajstić information content (AvgIpc) is 3.12. The Kier molecular flexibility index (Phi) is 4.80. The van der Waals surface area contributed by atoms with E-state index in [0.717, 1.165) is 64.0 Å². The second-order valence-electron chi connectivity index (χ2n) is 10.1. The number of hydrogen-bond donors (Lipinski definition) is 2. The van der Waals surface area contributed by atoms with E-state index in [1.807, 2.05) is 13.1 Å². The van der Waals surface area contributed by atoms with Crippen LogP contribution in [0.15, 0.2) is 6.07 Å². The molecule has 30 heavy (non-hydrogen) atoms. The molecule has 2 heterocycles. The van der Waals surface area contributed by atoms with E-state index in [9.17, 15) is 9.59 Å². The number of carbonyl (C=O) groups excluding carboxylic acids is 2. The van der Waals surface area contributed by atoms with Crippen molar-refractivity contribution in [1.29, 1.82) is 0 Å². The van der Waals surface area contributed by atoms with Gasteiger partial charge in [0.25, 0.3) is 5.91 Å². The number of anilines is 1. The Balaban J connectivity index is 1.29. The number of nitrogens with zero attached hydrogens (tertiary/aromatic N) is 3. The van der Waals surface area contributed by atoms with Gasteiger partial charge in [-0.3, -0.25) is 14.3 Å². The molecule has 0 spiro atoms. The van der Waals surface area contributed by atoms with Crippen molar-refractivity contribution >= 4 is 17.6 Å². The van der Waals surface area contributed by atoms with Gasteiger partial charge in [-0.25, -0.2) is 0 Å². The van der Waals surface area contributed by atoms with Crippen LogP contribution in [0.4, 0.5) is 5.82 Å². The van der Waals surface area contributed by atoms with E-state index < -0.39 is 0 Å². The quantitative estimate of drug-likeness (QED) is 0.758. The third-order valence-corrected chi connectivity index (χ3v) is 8.28. The molecular formula is C22H33N5O3. The van der Waals surface area contributed by atoms with E-state index in [1.54, 1.807) is 4.68 Å². The number of amides is 2. The Morgan fingerprint density at radius 2 is 1.90 bits per heavy atom. The maximum atomic E-state index is 13.1. The monoisotopic (exact) mass is 415 g/mol. The minimum atomic E-state index is -0.331. The van der Waals surface area contributed by atoms with Crippen molar-refractivity contribution in [1.82, 2.24) is 15.1 Å². The van der Waals surface area contributed by atoms with Gasteiger partial charge in [-0.15, -0.1) is 0 Å². The highest BCUT2D eigenvalue weighted by atomic mass is 16.5. The molecule has 1 saturated heterocycles. The molecule has 6 rings (SSSR count). The Bertz CT molecular complexity index is 830. The molecule has 4 aliphatic carbocycles. The molecule has 5 atom stereocenters. The highest BCUT2D eigenvalue weighted by molar-refractivity contribution is 5.93. The lowest BCUT2D eigenvalue weighted by molar-refractivity contribution is -0.145.